The summed E-state index contributed by atoms with van der Waals surface area (Å²) in [6.45, 7) is 5.82. The molecule has 0 saturated heterocycles. The molecule has 0 aromatic carbocycles. The Balaban J connectivity index is 4.29. The molecule has 18 heavy (non-hydrogen) atoms. The van der Waals surface area contributed by atoms with Gasteiger partial charge in [-0.15, -0.1) is 0 Å². The Bertz CT molecular complexity index is 274. The molecule has 1 atom stereocenters. The van der Waals surface area contributed by atoms with E-state index in [1.807, 2.05) is 13.8 Å². The van der Waals surface area contributed by atoms with Crippen molar-refractivity contribution in [3.05, 3.63) is 0 Å². The summed E-state index contributed by atoms with van der Waals surface area (Å²) >= 11 is 0. The van der Waals surface area contributed by atoms with Crippen molar-refractivity contribution in [2.45, 2.75) is 39.2 Å². The van der Waals surface area contributed by atoms with Crippen LogP contribution in [0.3, 0.4) is 0 Å². The molecule has 5 heteroatoms. The molecule has 0 aliphatic rings. The van der Waals surface area contributed by atoms with Gasteiger partial charge in [0.1, 0.15) is 0 Å². The fraction of sp³-hybridized carbons (Fsp3) is 0.846. The lowest BCUT2D eigenvalue weighted by atomic mass is 10.1. The maximum absolute atomic E-state index is 12.1. The predicted molar refractivity (Wildman–Crippen MR) is 70.7 cm³/mol. The minimum absolute atomic E-state index is 0.0601. The van der Waals surface area contributed by atoms with Crippen molar-refractivity contribution in [2.75, 3.05) is 26.8 Å². The molecule has 0 spiro atoms. The minimum atomic E-state index is -0.488. The Kier molecular flexibility index (Phi) is 9.25. The molecule has 0 aliphatic heterocycles. The number of ether oxygens (including phenoxy) is 1. The molecule has 0 saturated carbocycles. The summed E-state index contributed by atoms with van der Waals surface area (Å²) in [7, 11) is 1.63. The van der Waals surface area contributed by atoms with Gasteiger partial charge < -0.3 is 15.4 Å². The van der Waals surface area contributed by atoms with Gasteiger partial charge in [-0.3, -0.25) is 4.79 Å². The lowest BCUT2D eigenvalue weighted by molar-refractivity contribution is -0.133. The van der Waals surface area contributed by atoms with Crippen molar-refractivity contribution < 1.29 is 9.53 Å². The molecule has 0 aromatic heterocycles. The van der Waals surface area contributed by atoms with Crippen molar-refractivity contribution in [1.82, 2.24) is 4.90 Å². The second kappa shape index (κ2) is 9.86. The third-order valence-electron chi connectivity index (χ3n) is 2.57. The Morgan fingerprint density at radius 2 is 2.17 bits per heavy atom. The zero-order valence-electron chi connectivity index (χ0n) is 11.7. The van der Waals surface area contributed by atoms with Gasteiger partial charge in [0.25, 0.3) is 0 Å². The van der Waals surface area contributed by atoms with E-state index in [0.717, 1.165) is 6.42 Å². The van der Waals surface area contributed by atoms with Gasteiger partial charge in [0, 0.05) is 26.8 Å². The van der Waals surface area contributed by atoms with Gasteiger partial charge in [-0.1, -0.05) is 13.8 Å². The molecule has 0 aromatic rings. The highest BCUT2D eigenvalue weighted by Crippen LogP contribution is 2.05. The lowest BCUT2D eigenvalue weighted by Gasteiger charge is -2.26. The first-order valence-corrected chi connectivity index (χ1v) is 6.43. The van der Waals surface area contributed by atoms with Gasteiger partial charge in [0.2, 0.25) is 5.91 Å². The summed E-state index contributed by atoms with van der Waals surface area (Å²) in [6, 6.07) is 1.57. The largest absolute Gasteiger partial charge is 0.385 e. The lowest BCUT2D eigenvalue weighted by Crippen LogP contribution is -2.45. The van der Waals surface area contributed by atoms with E-state index in [9.17, 15) is 4.79 Å². The smallest absolute Gasteiger partial charge is 0.239 e. The van der Waals surface area contributed by atoms with Crippen LogP contribution in [0.25, 0.3) is 0 Å². The van der Waals surface area contributed by atoms with Gasteiger partial charge in [0.15, 0.2) is 0 Å². The molecule has 0 bridgehead atoms. The van der Waals surface area contributed by atoms with Crippen LogP contribution in [0.4, 0.5) is 0 Å². The van der Waals surface area contributed by atoms with Crippen molar-refractivity contribution in [3.63, 3.8) is 0 Å². The fourth-order valence-corrected chi connectivity index (χ4v) is 1.72. The molecule has 0 fully saturated rings. The van der Waals surface area contributed by atoms with E-state index in [1.54, 1.807) is 12.0 Å². The number of amides is 1. The molecule has 0 radical (unpaired) electrons. The monoisotopic (exact) mass is 255 g/mol. The molecule has 5 nitrogen and oxygen atoms in total. The maximum Gasteiger partial charge on any atom is 0.239 e. The number of carbonyl (C=O) groups is 1. The van der Waals surface area contributed by atoms with E-state index >= 15 is 0 Å². The topological polar surface area (TPSA) is 79.3 Å². The Hall–Kier alpha value is -1.12. The first-order chi connectivity index (χ1) is 8.52. The first-order valence-electron chi connectivity index (χ1n) is 6.43. The average molecular weight is 255 g/mol. The predicted octanol–water partition coefficient (Wildman–Crippen LogP) is 1.14. The van der Waals surface area contributed by atoms with Crippen molar-refractivity contribution in [3.8, 4) is 6.07 Å². The number of rotatable bonds is 9. The maximum atomic E-state index is 12.1. The van der Waals surface area contributed by atoms with Crippen LogP contribution in [0.15, 0.2) is 0 Å². The molecular weight excluding hydrogens is 230 g/mol. The van der Waals surface area contributed by atoms with Crippen LogP contribution >= 0.6 is 0 Å². The van der Waals surface area contributed by atoms with E-state index in [-0.39, 0.29) is 5.91 Å². The number of nitrogens with two attached hydrogens (primary N) is 1. The van der Waals surface area contributed by atoms with E-state index in [1.165, 1.54) is 0 Å². The molecule has 0 rings (SSSR count). The van der Waals surface area contributed by atoms with Crippen LogP contribution in [0.5, 0.6) is 0 Å². The quantitative estimate of drug-likeness (QED) is 0.626. The SMILES string of the molecule is COCCCC(N)C(=O)N(CCC#N)CC(C)C. The van der Waals surface area contributed by atoms with Crippen LogP contribution < -0.4 is 5.73 Å². The van der Waals surface area contributed by atoms with Crippen LogP contribution in [-0.2, 0) is 9.53 Å². The highest BCUT2D eigenvalue weighted by atomic mass is 16.5. The fourth-order valence-electron chi connectivity index (χ4n) is 1.72. The first kappa shape index (κ1) is 16.9. The number of nitrogens with zero attached hydrogens (tertiary/aromatic N) is 2. The second-order valence-electron chi connectivity index (χ2n) is 4.83. The van der Waals surface area contributed by atoms with E-state index in [2.05, 4.69) is 6.07 Å². The summed E-state index contributed by atoms with van der Waals surface area (Å²) in [5.74, 6) is 0.314. The number of nitriles is 1. The average Bonchev–Trinajstić information content (AvgIpc) is 2.33. The molecule has 1 amide bonds. The van der Waals surface area contributed by atoms with Crippen molar-refractivity contribution >= 4 is 5.91 Å². The van der Waals surface area contributed by atoms with Crippen molar-refractivity contribution in [1.29, 1.82) is 5.26 Å². The highest BCUT2D eigenvalue weighted by Gasteiger charge is 2.20. The van der Waals surface area contributed by atoms with Crippen LogP contribution in [0, 0.1) is 17.2 Å². The summed E-state index contributed by atoms with van der Waals surface area (Å²) in [6.07, 6.45) is 1.74. The Morgan fingerprint density at radius 1 is 1.50 bits per heavy atom. The number of hydrogen-bond acceptors (Lipinski definition) is 4. The van der Waals surface area contributed by atoms with Gasteiger partial charge in [-0.2, -0.15) is 5.26 Å². The van der Waals surface area contributed by atoms with E-state index < -0.39 is 6.04 Å². The third kappa shape index (κ3) is 7.25. The molecule has 0 aliphatic carbocycles. The number of carbonyl (C=O) groups excluding carboxylic acids is 1. The van der Waals surface area contributed by atoms with Gasteiger partial charge >= 0.3 is 0 Å². The third-order valence-corrected chi connectivity index (χ3v) is 2.57. The van der Waals surface area contributed by atoms with E-state index in [0.29, 0.717) is 38.5 Å². The van der Waals surface area contributed by atoms with Crippen LogP contribution in [0.1, 0.15) is 33.1 Å². The zero-order valence-corrected chi connectivity index (χ0v) is 11.7. The molecule has 1 unspecified atom stereocenters. The standard InChI is InChI=1S/C13H25N3O2/c1-11(2)10-16(8-5-7-14)13(17)12(15)6-4-9-18-3/h11-12H,4-6,8-10,15H2,1-3H3. The highest BCUT2D eigenvalue weighted by molar-refractivity contribution is 5.81. The Morgan fingerprint density at radius 3 is 2.67 bits per heavy atom. The van der Waals surface area contributed by atoms with Crippen LogP contribution in [-0.4, -0.2) is 43.7 Å². The molecule has 0 heterocycles. The van der Waals surface area contributed by atoms with E-state index in [4.69, 9.17) is 15.7 Å². The second-order valence-corrected chi connectivity index (χ2v) is 4.83. The normalized spacial score (nSPS) is 12.2. The molecule has 2 N–H and O–H groups in total. The molecular formula is C13H25N3O2. The van der Waals surface area contributed by atoms with Gasteiger partial charge in [-0.05, 0) is 18.8 Å². The minimum Gasteiger partial charge on any atom is -0.385 e. The number of hydrogen-bond donors (Lipinski definition) is 1. The van der Waals surface area contributed by atoms with Gasteiger partial charge in [-0.25, -0.2) is 0 Å². The molecule has 104 valence electrons. The summed E-state index contributed by atoms with van der Waals surface area (Å²) in [5, 5.41) is 8.61. The zero-order chi connectivity index (χ0) is 14.0. The summed E-state index contributed by atoms with van der Waals surface area (Å²) in [4.78, 5) is 13.8. The van der Waals surface area contributed by atoms with Gasteiger partial charge in [0.05, 0.1) is 18.5 Å². The van der Waals surface area contributed by atoms with Crippen molar-refractivity contribution in [2.24, 2.45) is 11.7 Å². The Labute approximate surface area is 110 Å². The summed E-state index contributed by atoms with van der Waals surface area (Å²) < 4.78 is 4.94. The van der Waals surface area contributed by atoms with Crippen LogP contribution in [0.2, 0.25) is 0 Å². The number of methoxy groups -OCH3 is 1. The summed E-state index contributed by atoms with van der Waals surface area (Å²) in [5.41, 5.74) is 5.88.